The van der Waals surface area contributed by atoms with Crippen LogP contribution in [0.3, 0.4) is 0 Å². The van der Waals surface area contributed by atoms with Crippen molar-refractivity contribution < 1.29 is 9.53 Å². The minimum absolute atomic E-state index is 0.166. The lowest BCUT2D eigenvalue weighted by Gasteiger charge is -2.36. The second-order valence-corrected chi connectivity index (χ2v) is 4.89. The summed E-state index contributed by atoms with van der Waals surface area (Å²) in [5.41, 5.74) is 0. The number of carbonyl (C=O) groups is 1. The Labute approximate surface area is 112 Å². The SMILES string of the molecule is COC(=O)CC1CCCCN1c1ccc(Cl)cn1. The molecule has 0 radical (unpaired) electrons. The Morgan fingerprint density at radius 3 is 3.06 bits per heavy atom. The summed E-state index contributed by atoms with van der Waals surface area (Å²) in [5.74, 6) is 0.717. The zero-order chi connectivity index (χ0) is 13.0. The van der Waals surface area contributed by atoms with Crippen LogP contribution < -0.4 is 4.90 Å². The van der Waals surface area contributed by atoms with Crippen LogP contribution in [0.1, 0.15) is 25.7 Å². The van der Waals surface area contributed by atoms with Crippen molar-refractivity contribution in [1.82, 2.24) is 4.98 Å². The summed E-state index contributed by atoms with van der Waals surface area (Å²) in [6.45, 7) is 0.927. The molecule has 1 fully saturated rings. The van der Waals surface area contributed by atoms with Crippen LogP contribution in [-0.2, 0) is 9.53 Å². The Balaban J connectivity index is 2.12. The molecule has 1 aromatic rings. The average molecular weight is 269 g/mol. The number of rotatable bonds is 3. The highest BCUT2D eigenvalue weighted by atomic mass is 35.5. The number of piperidine rings is 1. The van der Waals surface area contributed by atoms with Gasteiger partial charge in [0.25, 0.3) is 0 Å². The van der Waals surface area contributed by atoms with Gasteiger partial charge in [-0.2, -0.15) is 0 Å². The number of hydrogen-bond donors (Lipinski definition) is 0. The van der Waals surface area contributed by atoms with Crippen molar-refractivity contribution in [3.8, 4) is 0 Å². The van der Waals surface area contributed by atoms with E-state index in [9.17, 15) is 4.79 Å². The molecule has 1 atom stereocenters. The van der Waals surface area contributed by atoms with Crippen molar-refractivity contribution in [2.75, 3.05) is 18.6 Å². The first-order valence-electron chi connectivity index (χ1n) is 6.15. The topological polar surface area (TPSA) is 42.4 Å². The van der Waals surface area contributed by atoms with Gasteiger partial charge in [0.1, 0.15) is 5.82 Å². The van der Waals surface area contributed by atoms with Gasteiger partial charge in [-0.3, -0.25) is 4.79 Å². The summed E-state index contributed by atoms with van der Waals surface area (Å²) in [7, 11) is 1.43. The number of methoxy groups -OCH3 is 1. The Kier molecular flexibility index (Phi) is 4.42. The fourth-order valence-corrected chi connectivity index (χ4v) is 2.44. The number of carbonyl (C=O) groups excluding carboxylic acids is 1. The molecule has 5 heteroatoms. The molecule has 0 aliphatic carbocycles. The first kappa shape index (κ1) is 13.1. The summed E-state index contributed by atoms with van der Waals surface area (Å²) < 4.78 is 4.75. The molecule has 0 saturated carbocycles. The number of nitrogens with zero attached hydrogens (tertiary/aromatic N) is 2. The molecule has 4 nitrogen and oxygen atoms in total. The standard InChI is InChI=1S/C13H17ClN2O2/c1-18-13(17)8-11-4-2-3-7-16(11)12-6-5-10(14)9-15-12/h5-6,9,11H,2-4,7-8H2,1H3. The van der Waals surface area contributed by atoms with Crippen molar-refractivity contribution in [2.45, 2.75) is 31.7 Å². The minimum Gasteiger partial charge on any atom is -0.469 e. The molecule has 0 aromatic carbocycles. The Morgan fingerprint density at radius 2 is 2.39 bits per heavy atom. The number of halogens is 1. The highest BCUT2D eigenvalue weighted by Gasteiger charge is 2.25. The highest BCUT2D eigenvalue weighted by Crippen LogP contribution is 2.25. The van der Waals surface area contributed by atoms with Gasteiger partial charge in [-0.1, -0.05) is 11.6 Å². The van der Waals surface area contributed by atoms with Crippen LogP contribution in [0.25, 0.3) is 0 Å². The molecule has 1 saturated heterocycles. The molecular weight excluding hydrogens is 252 g/mol. The predicted molar refractivity (Wildman–Crippen MR) is 70.9 cm³/mol. The van der Waals surface area contributed by atoms with E-state index in [-0.39, 0.29) is 12.0 Å². The first-order valence-corrected chi connectivity index (χ1v) is 6.53. The highest BCUT2D eigenvalue weighted by molar-refractivity contribution is 6.30. The lowest BCUT2D eigenvalue weighted by atomic mass is 9.99. The molecule has 1 aliphatic rings. The van der Waals surface area contributed by atoms with Gasteiger partial charge in [-0.25, -0.2) is 4.98 Å². The zero-order valence-electron chi connectivity index (χ0n) is 10.4. The number of aromatic nitrogens is 1. The van der Waals surface area contributed by atoms with E-state index in [4.69, 9.17) is 16.3 Å². The molecule has 98 valence electrons. The average Bonchev–Trinajstić information content (AvgIpc) is 2.40. The molecule has 0 bridgehead atoms. The van der Waals surface area contributed by atoms with Gasteiger partial charge in [0.15, 0.2) is 0 Å². The summed E-state index contributed by atoms with van der Waals surface area (Å²) in [6, 6.07) is 3.91. The largest absolute Gasteiger partial charge is 0.469 e. The predicted octanol–water partition coefficient (Wildman–Crippen LogP) is 2.66. The molecule has 1 unspecified atom stereocenters. The van der Waals surface area contributed by atoms with Crippen molar-refractivity contribution in [3.63, 3.8) is 0 Å². The number of ether oxygens (including phenoxy) is 1. The van der Waals surface area contributed by atoms with Crippen LogP contribution in [0.2, 0.25) is 5.02 Å². The van der Waals surface area contributed by atoms with E-state index >= 15 is 0 Å². The normalized spacial score (nSPS) is 19.7. The molecule has 1 aliphatic heterocycles. The van der Waals surface area contributed by atoms with E-state index < -0.39 is 0 Å². The Morgan fingerprint density at radius 1 is 1.56 bits per heavy atom. The van der Waals surface area contributed by atoms with Crippen molar-refractivity contribution in [3.05, 3.63) is 23.4 Å². The maximum atomic E-state index is 11.4. The third-order valence-electron chi connectivity index (χ3n) is 3.26. The Bertz CT molecular complexity index is 408. The van der Waals surface area contributed by atoms with Gasteiger partial charge in [0, 0.05) is 18.8 Å². The summed E-state index contributed by atoms with van der Waals surface area (Å²) in [6.07, 6.45) is 5.33. The lowest BCUT2D eigenvalue weighted by Crippen LogP contribution is -2.41. The van der Waals surface area contributed by atoms with Crippen molar-refractivity contribution in [1.29, 1.82) is 0 Å². The van der Waals surface area contributed by atoms with Crippen LogP contribution >= 0.6 is 11.6 Å². The van der Waals surface area contributed by atoms with E-state index in [1.165, 1.54) is 7.11 Å². The molecular formula is C13H17ClN2O2. The maximum Gasteiger partial charge on any atom is 0.307 e. The number of anilines is 1. The van der Waals surface area contributed by atoms with Gasteiger partial charge in [-0.05, 0) is 31.4 Å². The monoisotopic (exact) mass is 268 g/mol. The molecule has 2 rings (SSSR count). The van der Waals surface area contributed by atoms with E-state index in [1.54, 1.807) is 6.20 Å². The van der Waals surface area contributed by atoms with Crippen LogP contribution in [0.5, 0.6) is 0 Å². The van der Waals surface area contributed by atoms with Crippen molar-refractivity contribution in [2.24, 2.45) is 0 Å². The molecule has 0 spiro atoms. The molecule has 0 N–H and O–H groups in total. The molecule has 1 aromatic heterocycles. The van der Waals surface area contributed by atoms with Crippen molar-refractivity contribution >= 4 is 23.4 Å². The smallest absolute Gasteiger partial charge is 0.307 e. The van der Waals surface area contributed by atoms with Gasteiger partial charge in [-0.15, -0.1) is 0 Å². The number of pyridine rings is 1. The summed E-state index contributed by atoms with van der Waals surface area (Å²) in [5, 5.41) is 0.625. The number of hydrogen-bond acceptors (Lipinski definition) is 4. The number of esters is 1. The zero-order valence-corrected chi connectivity index (χ0v) is 11.2. The summed E-state index contributed by atoms with van der Waals surface area (Å²) in [4.78, 5) is 17.9. The summed E-state index contributed by atoms with van der Waals surface area (Å²) >= 11 is 5.84. The van der Waals surface area contributed by atoms with Crippen LogP contribution in [-0.4, -0.2) is 30.6 Å². The minimum atomic E-state index is -0.166. The Hall–Kier alpha value is -1.29. The first-order chi connectivity index (χ1) is 8.70. The fourth-order valence-electron chi connectivity index (χ4n) is 2.33. The third kappa shape index (κ3) is 3.13. The fraction of sp³-hybridized carbons (Fsp3) is 0.538. The van der Waals surface area contributed by atoms with Gasteiger partial charge in [0.2, 0.25) is 0 Å². The van der Waals surface area contributed by atoms with Crippen LogP contribution in [0.4, 0.5) is 5.82 Å². The molecule has 18 heavy (non-hydrogen) atoms. The van der Waals surface area contributed by atoms with Gasteiger partial charge < -0.3 is 9.64 Å². The second-order valence-electron chi connectivity index (χ2n) is 4.46. The van der Waals surface area contributed by atoms with E-state index in [0.29, 0.717) is 11.4 Å². The van der Waals surface area contributed by atoms with Crippen LogP contribution in [0, 0.1) is 0 Å². The maximum absolute atomic E-state index is 11.4. The van der Waals surface area contributed by atoms with E-state index in [1.807, 2.05) is 12.1 Å². The second kappa shape index (κ2) is 6.05. The van der Waals surface area contributed by atoms with Crippen LogP contribution in [0.15, 0.2) is 18.3 Å². The quantitative estimate of drug-likeness (QED) is 0.791. The lowest BCUT2D eigenvalue weighted by molar-refractivity contribution is -0.141. The van der Waals surface area contributed by atoms with Gasteiger partial charge >= 0.3 is 5.97 Å². The molecule has 2 heterocycles. The molecule has 0 amide bonds. The third-order valence-corrected chi connectivity index (χ3v) is 3.49. The van der Waals surface area contributed by atoms with E-state index in [2.05, 4.69) is 9.88 Å². The van der Waals surface area contributed by atoms with Gasteiger partial charge in [0.05, 0.1) is 18.6 Å². The van der Waals surface area contributed by atoms with E-state index in [0.717, 1.165) is 31.6 Å².